The van der Waals surface area contributed by atoms with Crippen LogP contribution in [0.5, 0.6) is 0 Å². The van der Waals surface area contributed by atoms with Gasteiger partial charge < -0.3 is 19.5 Å². The van der Waals surface area contributed by atoms with E-state index >= 15 is 0 Å². The third kappa shape index (κ3) is 3.57. The molecule has 0 aliphatic carbocycles. The van der Waals surface area contributed by atoms with Crippen molar-refractivity contribution in [3.8, 4) is 0 Å². The molecule has 1 aliphatic rings. The highest BCUT2D eigenvalue weighted by Gasteiger charge is 2.16. The number of nitrogens with one attached hydrogen (secondary N) is 2. The van der Waals surface area contributed by atoms with Gasteiger partial charge in [0.1, 0.15) is 5.76 Å². The van der Waals surface area contributed by atoms with Crippen LogP contribution in [0.3, 0.4) is 0 Å². The van der Waals surface area contributed by atoms with Crippen LogP contribution >= 0.6 is 11.3 Å². The van der Waals surface area contributed by atoms with E-state index in [0.29, 0.717) is 17.3 Å². The number of fused-ring (bicyclic) bond motifs is 1. The van der Waals surface area contributed by atoms with Crippen molar-refractivity contribution < 1.29 is 14.1 Å². The summed E-state index contributed by atoms with van der Waals surface area (Å²) in [6, 6.07) is 6.95. The fourth-order valence-corrected chi connectivity index (χ4v) is 3.64. The summed E-state index contributed by atoms with van der Waals surface area (Å²) in [7, 11) is 0. The molecule has 9 heteroatoms. The van der Waals surface area contributed by atoms with Gasteiger partial charge in [0.15, 0.2) is 10.9 Å². The molecule has 2 N–H and O–H groups in total. The molecule has 1 saturated heterocycles. The lowest BCUT2D eigenvalue weighted by atomic mass is 10.3. The van der Waals surface area contributed by atoms with E-state index in [9.17, 15) is 4.79 Å². The zero-order chi connectivity index (χ0) is 17.2. The third-order valence-electron chi connectivity index (χ3n) is 3.79. The molecule has 3 aromatic rings. The fraction of sp³-hybridized carbons (Fsp3) is 0.312. The summed E-state index contributed by atoms with van der Waals surface area (Å²) in [4.78, 5) is 18.9. The van der Waals surface area contributed by atoms with Gasteiger partial charge in [0.25, 0.3) is 0 Å². The van der Waals surface area contributed by atoms with Crippen molar-refractivity contribution in [2.45, 2.75) is 6.92 Å². The molecule has 0 atom stereocenters. The predicted molar refractivity (Wildman–Crippen MR) is 96.5 cm³/mol. The minimum Gasteiger partial charge on any atom is -0.378 e. The first kappa shape index (κ1) is 15.9. The Morgan fingerprint density at radius 2 is 2.08 bits per heavy atom. The van der Waals surface area contributed by atoms with E-state index in [0.717, 1.165) is 41.7 Å². The highest BCUT2D eigenvalue weighted by molar-refractivity contribution is 7.22. The third-order valence-corrected chi connectivity index (χ3v) is 4.87. The Morgan fingerprint density at radius 1 is 1.24 bits per heavy atom. The second-order valence-corrected chi connectivity index (χ2v) is 6.69. The van der Waals surface area contributed by atoms with E-state index < -0.39 is 0 Å². The number of morpholine rings is 1. The number of hydrogen-bond acceptors (Lipinski definition) is 7. The summed E-state index contributed by atoms with van der Waals surface area (Å²) in [5.41, 5.74) is 1.62. The number of ether oxygens (including phenoxy) is 1. The highest BCUT2D eigenvalue weighted by Crippen LogP contribution is 2.31. The van der Waals surface area contributed by atoms with Gasteiger partial charge in [-0.3, -0.25) is 5.32 Å². The first-order chi connectivity index (χ1) is 12.2. The van der Waals surface area contributed by atoms with Crippen molar-refractivity contribution >= 4 is 44.2 Å². The molecule has 2 aromatic heterocycles. The minimum atomic E-state index is -0.370. The first-order valence-electron chi connectivity index (χ1n) is 7.92. The average molecular weight is 359 g/mol. The second kappa shape index (κ2) is 6.69. The quantitative estimate of drug-likeness (QED) is 0.747. The zero-order valence-corrected chi connectivity index (χ0v) is 14.4. The number of urea groups is 1. The van der Waals surface area contributed by atoms with Gasteiger partial charge in [-0.05, 0) is 25.1 Å². The molecular weight excluding hydrogens is 342 g/mol. The summed E-state index contributed by atoms with van der Waals surface area (Å²) in [6.07, 6.45) is 0. The molecule has 0 radical (unpaired) electrons. The smallest absolute Gasteiger partial charge is 0.324 e. The molecule has 0 saturated carbocycles. The fourth-order valence-electron chi connectivity index (χ4n) is 2.58. The van der Waals surface area contributed by atoms with E-state index in [1.807, 2.05) is 18.2 Å². The SMILES string of the molecule is Cc1cc(NC(=O)Nc2ccc3nc(N4CCOCC4)sc3c2)no1. The van der Waals surface area contributed by atoms with E-state index in [-0.39, 0.29) is 6.03 Å². The molecule has 1 aliphatic heterocycles. The monoisotopic (exact) mass is 359 g/mol. The molecule has 8 nitrogen and oxygen atoms in total. The second-order valence-electron chi connectivity index (χ2n) is 5.68. The van der Waals surface area contributed by atoms with Gasteiger partial charge in [0.2, 0.25) is 0 Å². The van der Waals surface area contributed by atoms with Crippen LogP contribution in [0.25, 0.3) is 10.2 Å². The molecule has 0 bridgehead atoms. The number of benzene rings is 1. The van der Waals surface area contributed by atoms with Crippen LogP contribution in [-0.4, -0.2) is 42.5 Å². The molecule has 130 valence electrons. The Hall–Kier alpha value is -2.65. The van der Waals surface area contributed by atoms with Crippen LogP contribution in [0, 0.1) is 6.92 Å². The Bertz CT molecular complexity index is 900. The largest absolute Gasteiger partial charge is 0.378 e. The van der Waals surface area contributed by atoms with Gasteiger partial charge in [-0.1, -0.05) is 16.5 Å². The number of hydrogen-bond donors (Lipinski definition) is 2. The standard InChI is InChI=1S/C16H17N5O3S/c1-10-8-14(20-24-10)19-15(22)17-11-2-3-12-13(9-11)25-16(18-12)21-4-6-23-7-5-21/h2-3,8-9H,4-7H2,1H3,(H2,17,19,20,22). The van der Waals surface area contributed by atoms with Crippen molar-refractivity contribution in [3.05, 3.63) is 30.0 Å². The number of carbonyl (C=O) groups is 1. The van der Waals surface area contributed by atoms with Gasteiger partial charge in [-0.15, -0.1) is 0 Å². The van der Waals surface area contributed by atoms with E-state index in [4.69, 9.17) is 9.26 Å². The maximum absolute atomic E-state index is 12.0. The Kier molecular flexibility index (Phi) is 4.24. The molecule has 25 heavy (non-hydrogen) atoms. The lowest BCUT2D eigenvalue weighted by molar-refractivity contribution is 0.122. The van der Waals surface area contributed by atoms with Crippen LogP contribution in [0.4, 0.5) is 21.4 Å². The number of aromatic nitrogens is 2. The first-order valence-corrected chi connectivity index (χ1v) is 8.74. The molecule has 0 spiro atoms. The van der Waals surface area contributed by atoms with Crippen LogP contribution in [-0.2, 0) is 4.74 Å². The lowest BCUT2D eigenvalue weighted by Crippen LogP contribution is -2.36. The molecule has 1 fully saturated rings. The number of rotatable bonds is 3. The van der Waals surface area contributed by atoms with Gasteiger partial charge in [-0.2, -0.15) is 0 Å². The van der Waals surface area contributed by atoms with Crippen molar-refractivity contribution in [1.82, 2.24) is 10.1 Å². The number of aryl methyl sites for hydroxylation is 1. The van der Waals surface area contributed by atoms with Gasteiger partial charge >= 0.3 is 6.03 Å². The molecular formula is C16H17N5O3S. The van der Waals surface area contributed by atoms with Crippen molar-refractivity contribution in [2.75, 3.05) is 41.8 Å². The van der Waals surface area contributed by atoms with Gasteiger partial charge in [0.05, 0.1) is 23.4 Å². The number of nitrogens with zero attached hydrogens (tertiary/aromatic N) is 3. The topological polar surface area (TPSA) is 92.5 Å². The van der Waals surface area contributed by atoms with E-state index in [1.54, 1.807) is 24.3 Å². The number of anilines is 3. The number of carbonyl (C=O) groups excluding carboxylic acids is 1. The Labute approximate surface area is 147 Å². The van der Waals surface area contributed by atoms with Crippen LogP contribution in [0.15, 0.2) is 28.8 Å². The average Bonchev–Trinajstić information content (AvgIpc) is 3.21. The summed E-state index contributed by atoms with van der Waals surface area (Å²) >= 11 is 1.61. The molecule has 0 unspecified atom stereocenters. The van der Waals surface area contributed by atoms with Crippen molar-refractivity contribution in [2.24, 2.45) is 0 Å². The summed E-state index contributed by atoms with van der Waals surface area (Å²) < 4.78 is 11.3. The zero-order valence-electron chi connectivity index (χ0n) is 13.6. The maximum Gasteiger partial charge on any atom is 0.324 e. The van der Waals surface area contributed by atoms with E-state index in [1.165, 1.54) is 0 Å². The van der Waals surface area contributed by atoms with Crippen molar-refractivity contribution in [3.63, 3.8) is 0 Å². The Balaban J connectivity index is 1.47. The summed E-state index contributed by atoms with van der Waals surface area (Å²) in [5, 5.41) is 10.1. The highest BCUT2D eigenvalue weighted by atomic mass is 32.1. The molecule has 2 amide bonds. The van der Waals surface area contributed by atoms with Crippen molar-refractivity contribution in [1.29, 1.82) is 0 Å². The van der Waals surface area contributed by atoms with E-state index in [2.05, 4.69) is 25.7 Å². The van der Waals surface area contributed by atoms with Crippen LogP contribution < -0.4 is 15.5 Å². The normalized spacial score (nSPS) is 14.7. The molecule has 1 aromatic carbocycles. The lowest BCUT2D eigenvalue weighted by Gasteiger charge is -2.25. The summed E-state index contributed by atoms with van der Waals surface area (Å²) in [5.74, 6) is 1.01. The number of amides is 2. The summed E-state index contributed by atoms with van der Waals surface area (Å²) in [6.45, 7) is 4.92. The molecule has 3 heterocycles. The van der Waals surface area contributed by atoms with Gasteiger partial charge in [0, 0.05) is 24.8 Å². The molecule has 4 rings (SSSR count). The number of thiazole rings is 1. The van der Waals surface area contributed by atoms with Crippen LogP contribution in [0.1, 0.15) is 5.76 Å². The van der Waals surface area contributed by atoms with Crippen LogP contribution in [0.2, 0.25) is 0 Å². The maximum atomic E-state index is 12.0. The minimum absolute atomic E-state index is 0.370. The predicted octanol–water partition coefficient (Wildman–Crippen LogP) is 3.07. The Morgan fingerprint density at radius 3 is 2.84 bits per heavy atom. The van der Waals surface area contributed by atoms with Gasteiger partial charge in [-0.25, -0.2) is 9.78 Å².